The minimum absolute atomic E-state index is 0.0655. The topological polar surface area (TPSA) is 83.9 Å². The summed E-state index contributed by atoms with van der Waals surface area (Å²) in [6.45, 7) is 0.0216. The first-order chi connectivity index (χ1) is 9.38. The Balaban J connectivity index is 2.01. The summed E-state index contributed by atoms with van der Waals surface area (Å²) in [5.74, 6) is -0.629. The van der Waals surface area contributed by atoms with Gasteiger partial charge < -0.3 is 9.84 Å². The SMILES string of the molecule is CS(=O)(=O)N1CC(O)CC1C(=O)OCc1ccccc1. The zero-order chi connectivity index (χ0) is 14.8. The highest BCUT2D eigenvalue weighted by Crippen LogP contribution is 2.22. The van der Waals surface area contributed by atoms with E-state index in [1.54, 1.807) is 0 Å². The van der Waals surface area contributed by atoms with Crippen LogP contribution in [-0.4, -0.2) is 48.7 Å². The lowest BCUT2D eigenvalue weighted by Gasteiger charge is -2.20. The number of benzene rings is 1. The second-order valence-electron chi connectivity index (χ2n) is 4.83. The number of hydrogen-bond acceptors (Lipinski definition) is 5. The standard InChI is InChI=1S/C13H17NO5S/c1-20(17,18)14-8-11(15)7-12(14)13(16)19-9-10-5-3-2-4-6-10/h2-6,11-12,15H,7-9H2,1H3. The van der Waals surface area contributed by atoms with Crippen molar-refractivity contribution in [3.05, 3.63) is 35.9 Å². The van der Waals surface area contributed by atoms with E-state index in [4.69, 9.17) is 4.74 Å². The first-order valence-corrected chi connectivity index (χ1v) is 8.08. The van der Waals surface area contributed by atoms with Gasteiger partial charge in [0, 0.05) is 13.0 Å². The quantitative estimate of drug-likeness (QED) is 0.799. The molecule has 0 amide bonds. The van der Waals surface area contributed by atoms with Crippen LogP contribution in [-0.2, 0) is 26.2 Å². The summed E-state index contributed by atoms with van der Waals surface area (Å²) in [4.78, 5) is 12.0. The van der Waals surface area contributed by atoms with E-state index >= 15 is 0 Å². The average Bonchev–Trinajstić information content (AvgIpc) is 2.79. The van der Waals surface area contributed by atoms with Crippen molar-refractivity contribution in [3.63, 3.8) is 0 Å². The number of hydrogen-bond donors (Lipinski definition) is 1. The van der Waals surface area contributed by atoms with E-state index in [1.807, 2.05) is 30.3 Å². The van der Waals surface area contributed by atoms with Gasteiger partial charge in [0.1, 0.15) is 12.6 Å². The normalized spacial score (nSPS) is 23.7. The largest absolute Gasteiger partial charge is 0.460 e. The van der Waals surface area contributed by atoms with E-state index in [9.17, 15) is 18.3 Å². The molecule has 6 nitrogen and oxygen atoms in total. The van der Waals surface area contributed by atoms with Crippen LogP contribution in [0.4, 0.5) is 0 Å². The Morgan fingerprint density at radius 1 is 1.40 bits per heavy atom. The van der Waals surface area contributed by atoms with Gasteiger partial charge in [-0.25, -0.2) is 8.42 Å². The molecular formula is C13H17NO5S. The second kappa shape index (κ2) is 5.90. The highest BCUT2D eigenvalue weighted by Gasteiger charge is 2.41. The van der Waals surface area contributed by atoms with Gasteiger partial charge in [-0.2, -0.15) is 4.31 Å². The lowest BCUT2D eigenvalue weighted by Crippen LogP contribution is -2.40. The Labute approximate surface area is 118 Å². The fourth-order valence-corrected chi connectivity index (χ4v) is 3.27. The van der Waals surface area contributed by atoms with E-state index < -0.39 is 28.1 Å². The van der Waals surface area contributed by atoms with Crippen molar-refractivity contribution in [2.24, 2.45) is 0 Å². The maximum Gasteiger partial charge on any atom is 0.324 e. The van der Waals surface area contributed by atoms with Gasteiger partial charge in [0.15, 0.2) is 0 Å². The maximum absolute atomic E-state index is 12.0. The third-order valence-corrected chi connectivity index (χ3v) is 4.41. The first-order valence-electron chi connectivity index (χ1n) is 6.23. The van der Waals surface area contributed by atoms with Crippen molar-refractivity contribution < 1.29 is 23.1 Å². The van der Waals surface area contributed by atoms with Gasteiger partial charge in [-0.3, -0.25) is 4.79 Å². The monoisotopic (exact) mass is 299 g/mol. The van der Waals surface area contributed by atoms with Gasteiger partial charge in [-0.05, 0) is 5.56 Å². The van der Waals surface area contributed by atoms with Crippen molar-refractivity contribution in [2.75, 3.05) is 12.8 Å². The van der Waals surface area contributed by atoms with Crippen LogP contribution in [0.5, 0.6) is 0 Å². The number of aliphatic hydroxyl groups excluding tert-OH is 1. The molecule has 0 spiro atoms. The molecule has 0 aliphatic carbocycles. The Kier molecular flexibility index (Phi) is 4.42. The molecule has 0 radical (unpaired) electrons. The maximum atomic E-state index is 12.0. The van der Waals surface area contributed by atoms with Crippen LogP contribution in [0.3, 0.4) is 0 Å². The van der Waals surface area contributed by atoms with E-state index in [2.05, 4.69) is 0 Å². The van der Waals surface area contributed by atoms with E-state index in [0.717, 1.165) is 16.1 Å². The number of nitrogens with zero attached hydrogens (tertiary/aromatic N) is 1. The molecule has 1 fully saturated rings. The molecule has 1 aliphatic heterocycles. The fourth-order valence-electron chi connectivity index (χ4n) is 2.19. The Hall–Kier alpha value is -1.44. The molecule has 2 atom stereocenters. The summed E-state index contributed by atoms with van der Waals surface area (Å²) in [5, 5.41) is 9.55. The summed E-state index contributed by atoms with van der Waals surface area (Å²) < 4.78 is 29.3. The molecular weight excluding hydrogens is 282 g/mol. The first kappa shape index (κ1) is 15.0. The molecule has 1 saturated heterocycles. The lowest BCUT2D eigenvalue weighted by molar-refractivity contribution is -0.148. The predicted molar refractivity (Wildman–Crippen MR) is 72.2 cm³/mol. The highest BCUT2D eigenvalue weighted by molar-refractivity contribution is 7.88. The number of β-amino-alcohol motifs (C(OH)–C–C–N with tert-alkyl or cyclic N) is 1. The summed E-state index contributed by atoms with van der Waals surface area (Å²) in [6, 6.07) is 8.18. The molecule has 2 rings (SSSR count). The van der Waals surface area contributed by atoms with Crippen LogP contribution in [0, 0.1) is 0 Å². The molecule has 110 valence electrons. The number of rotatable bonds is 4. The number of carbonyl (C=O) groups is 1. The minimum atomic E-state index is -3.54. The zero-order valence-electron chi connectivity index (χ0n) is 11.1. The number of esters is 1. The molecule has 0 saturated carbocycles. The van der Waals surface area contributed by atoms with Crippen molar-refractivity contribution >= 4 is 16.0 Å². The van der Waals surface area contributed by atoms with E-state index in [0.29, 0.717) is 0 Å². The second-order valence-corrected chi connectivity index (χ2v) is 6.77. The summed E-state index contributed by atoms with van der Waals surface area (Å²) in [5.41, 5.74) is 0.824. The van der Waals surface area contributed by atoms with E-state index in [1.165, 1.54) is 0 Å². The molecule has 1 aromatic carbocycles. The molecule has 0 aromatic heterocycles. The number of ether oxygens (including phenoxy) is 1. The molecule has 0 bridgehead atoms. The van der Waals surface area contributed by atoms with Gasteiger partial charge in [0.2, 0.25) is 10.0 Å². The van der Waals surface area contributed by atoms with Crippen molar-refractivity contribution in [2.45, 2.75) is 25.2 Å². The van der Waals surface area contributed by atoms with E-state index in [-0.39, 0.29) is 19.6 Å². The average molecular weight is 299 g/mol. The molecule has 20 heavy (non-hydrogen) atoms. The van der Waals surface area contributed by atoms with Gasteiger partial charge in [-0.1, -0.05) is 30.3 Å². The summed E-state index contributed by atoms with van der Waals surface area (Å²) in [6.07, 6.45) is 0.252. The Morgan fingerprint density at radius 2 is 2.05 bits per heavy atom. The van der Waals surface area contributed by atoms with Crippen molar-refractivity contribution in [1.82, 2.24) is 4.31 Å². The highest BCUT2D eigenvalue weighted by atomic mass is 32.2. The smallest absolute Gasteiger partial charge is 0.324 e. The van der Waals surface area contributed by atoms with Crippen LogP contribution < -0.4 is 0 Å². The molecule has 1 aliphatic rings. The molecule has 2 unspecified atom stereocenters. The van der Waals surface area contributed by atoms with Crippen molar-refractivity contribution in [1.29, 1.82) is 0 Å². The third-order valence-electron chi connectivity index (χ3n) is 3.16. The molecule has 1 heterocycles. The molecule has 1 N–H and O–H groups in total. The van der Waals surface area contributed by atoms with Crippen LogP contribution in [0.2, 0.25) is 0 Å². The third kappa shape index (κ3) is 3.56. The fraction of sp³-hybridized carbons (Fsp3) is 0.462. The molecule has 1 aromatic rings. The zero-order valence-corrected chi connectivity index (χ0v) is 11.9. The summed E-state index contributed by atoms with van der Waals surface area (Å²) >= 11 is 0. The number of carbonyl (C=O) groups excluding carboxylic acids is 1. The van der Waals surface area contributed by atoms with Crippen LogP contribution in [0.15, 0.2) is 30.3 Å². The lowest BCUT2D eigenvalue weighted by atomic mass is 10.2. The van der Waals surface area contributed by atoms with Gasteiger partial charge in [-0.15, -0.1) is 0 Å². The minimum Gasteiger partial charge on any atom is -0.460 e. The van der Waals surface area contributed by atoms with Crippen LogP contribution in [0.25, 0.3) is 0 Å². The Morgan fingerprint density at radius 3 is 2.65 bits per heavy atom. The van der Waals surface area contributed by atoms with Crippen LogP contribution >= 0.6 is 0 Å². The van der Waals surface area contributed by atoms with Crippen molar-refractivity contribution in [3.8, 4) is 0 Å². The Bertz CT molecular complexity index is 572. The molecule has 7 heteroatoms. The summed E-state index contributed by atoms with van der Waals surface area (Å²) in [7, 11) is -3.54. The van der Waals surface area contributed by atoms with Gasteiger partial charge >= 0.3 is 5.97 Å². The van der Waals surface area contributed by atoms with Gasteiger partial charge in [0.05, 0.1) is 12.4 Å². The van der Waals surface area contributed by atoms with Gasteiger partial charge in [0.25, 0.3) is 0 Å². The number of sulfonamides is 1. The number of aliphatic hydroxyl groups is 1. The van der Waals surface area contributed by atoms with Crippen LogP contribution in [0.1, 0.15) is 12.0 Å². The predicted octanol–water partition coefficient (Wildman–Crippen LogP) is 0.125.